The third kappa shape index (κ3) is 4.34. The molecule has 0 N–H and O–H groups in total. The Labute approximate surface area is 184 Å². The molecule has 0 aromatic heterocycles. The lowest BCUT2D eigenvalue weighted by atomic mass is 9.83. The molecule has 0 saturated carbocycles. The zero-order valence-corrected chi connectivity index (χ0v) is 19.0. The second-order valence-corrected chi connectivity index (χ2v) is 10.4. The molecule has 1 atom stereocenters. The molecule has 0 bridgehead atoms. The van der Waals surface area contributed by atoms with Gasteiger partial charge in [0.25, 0.3) is 15.9 Å². The molecular formula is C24H30N2O4S. The number of unbranched alkanes of at least 4 members (excludes halogenated alkanes) is 1. The van der Waals surface area contributed by atoms with Crippen molar-refractivity contribution in [3.63, 3.8) is 0 Å². The maximum Gasteiger partial charge on any atom is 0.269 e. The molecule has 2 aromatic carbocycles. The Balaban J connectivity index is 1.25. The number of carbonyl (C=O) groups is 1. The van der Waals surface area contributed by atoms with Crippen LogP contribution in [0.3, 0.4) is 0 Å². The smallest absolute Gasteiger partial charge is 0.269 e. The fourth-order valence-electron chi connectivity index (χ4n) is 4.80. The van der Waals surface area contributed by atoms with Crippen LogP contribution in [0.15, 0.2) is 47.4 Å². The van der Waals surface area contributed by atoms with Crippen LogP contribution in [0, 0.1) is 5.92 Å². The summed E-state index contributed by atoms with van der Waals surface area (Å²) in [4.78, 5) is 14.9. The van der Waals surface area contributed by atoms with E-state index < -0.39 is 15.9 Å². The van der Waals surface area contributed by atoms with E-state index in [0.717, 1.165) is 42.4 Å². The van der Waals surface area contributed by atoms with Crippen LogP contribution in [-0.2, 0) is 22.9 Å². The van der Waals surface area contributed by atoms with Crippen LogP contribution in [0.25, 0.3) is 0 Å². The standard InChI is InChI=1S/C24H30N2O4S/c1-25(17-18-12-13-19-8-7-10-22(30-2)21(19)16-18)14-5-6-15-26-24(27)20-9-3-4-11-23(20)31(26,28)29/h3-4,7-11,18H,5-6,12-17H2,1-2H3. The molecule has 1 amide bonds. The van der Waals surface area contributed by atoms with Gasteiger partial charge in [0.2, 0.25) is 0 Å². The van der Waals surface area contributed by atoms with Crippen LogP contribution in [0.2, 0.25) is 0 Å². The van der Waals surface area contributed by atoms with Crippen molar-refractivity contribution >= 4 is 15.9 Å². The Hall–Kier alpha value is -2.38. The highest BCUT2D eigenvalue weighted by atomic mass is 32.2. The topological polar surface area (TPSA) is 66.9 Å². The molecule has 6 nitrogen and oxygen atoms in total. The average Bonchev–Trinajstić information content (AvgIpc) is 2.96. The van der Waals surface area contributed by atoms with Crippen LogP contribution in [0.4, 0.5) is 0 Å². The van der Waals surface area contributed by atoms with Crippen LogP contribution in [-0.4, -0.2) is 57.3 Å². The minimum absolute atomic E-state index is 0.130. The van der Waals surface area contributed by atoms with Crippen molar-refractivity contribution in [2.24, 2.45) is 5.92 Å². The monoisotopic (exact) mass is 442 g/mol. The first-order chi connectivity index (χ1) is 14.9. The van der Waals surface area contributed by atoms with Crippen LogP contribution < -0.4 is 4.74 Å². The summed E-state index contributed by atoms with van der Waals surface area (Å²) in [6.07, 6.45) is 4.79. The number of carbonyl (C=O) groups excluding carboxylic acids is 1. The van der Waals surface area contributed by atoms with Gasteiger partial charge in [-0.1, -0.05) is 24.3 Å². The van der Waals surface area contributed by atoms with E-state index in [1.807, 2.05) is 6.07 Å². The Morgan fingerprint density at radius 3 is 2.71 bits per heavy atom. The van der Waals surface area contributed by atoms with Crippen LogP contribution in [0.5, 0.6) is 5.75 Å². The van der Waals surface area contributed by atoms with Gasteiger partial charge in [-0.15, -0.1) is 0 Å². The SMILES string of the molecule is COc1cccc2c1CC(CN(C)CCCCN1C(=O)c3ccccc3S1(=O)=O)CC2. The number of hydrogen-bond acceptors (Lipinski definition) is 5. The molecule has 1 aliphatic carbocycles. The molecule has 1 unspecified atom stereocenters. The highest BCUT2D eigenvalue weighted by Crippen LogP contribution is 2.33. The van der Waals surface area contributed by atoms with E-state index in [1.165, 1.54) is 23.6 Å². The van der Waals surface area contributed by atoms with E-state index >= 15 is 0 Å². The first kappa shape index (κ1) is 21.8. The lowest BCUT2D eigenvalue weighted by molar-refractivity contribution is 0.0869. The maximum absolute atomic E-state index is 12.6. The number of amides is 1. The van der Waals surface area contributed by atoms with Gasteiger partial charge < -0.3 is 9.64 Å². The lowest BCUT2D eigenvalue weighted by Crippen LogP contribution is -2.32. The molecule has 4 rings (SSSR count). The fraction of sp³-hybridized carbons (Fsp3) is 0.458. The number of methoxy groups -OCH3 is 1. The first-order valence-corrected chi connectivity index (χ1v) is 12.3. The first-order valence-electron chi connectivity index (χ1n) is 10.9. The molecule has 2 aromatic rings. The molecule has 7 heteroatoms. The Kier molecular flexibility index (Phi) is 6.34. The minimum Gasteiger partial charge on any atom is -0.496 e. The van der Waals surface area contributed by atoms with Gasteiger partial charge in [0, 0.05) is 13.1 Å². The van der Waals surface area contributed by atoms with E-state index in [2.05, 4.69) is 24.1 Å². The summed E-state index contributed by atoms with van der Waals surface area (Å²) in [6.45, 7) is 2.12. The van der Waals surface area contributed by atoms with E-state index in [-0.39, 0.29) is 17.0 Å². The molecule has 31 heavy (non-hydrogen) atoms. The predicted octanol–water partition coefficient (Wildman–Crippen LogP) is 3.36. The van der Waals surface area contributed by atoms with Crippen molar-refractivity contribution in [3.05, 3.63) is 59.2 Å². The maximum atomic E-state index is 12.6. The van der Waals surface area contributed by atoms with E-state index in [0.29, 0.717) is 12.3 Å². The number of hydrogen-bond donors (Lipinski definition) is 0. The number of aryl methyl sites for hydroxylation is 1. The van der Waals surface area contributed by atoms with Crippen molar-refractivity contribution in [1.29, 1.82) is 0 Å². The molecule has 0 fully saturated rings. The summed E-state index contributed by atoms with van der Waals surface area (Å²) in [7, 11) is 0.152. The second-order valence-electron chi connectivity index (χ2n) is 8.55. The summed E-state index contributed by atoms with van der Waals surface area (Å²) in [5, 5.41) is 0. The molecular weight excluding hydrogens is 412 g/mol. The van der Waals surface area contributed by atoms with E-state index in [4.69, 9.17) is 4.74 Å². The van der Waals surface area contributed by atoms with E-state index in [1.54, 1.807) is 25.3 Å². The van der Waals surface area contributed by atoms with Gasteiger partial charge in [0.1, 0.15) is 10.6 Å². The largest absolute Gasteiger partial charge is 0.496 e. The molecule has 0 spiro atoms. The molecule has 2 aliphatic rings. The Bertz CT molecular complexity index is 1050. The number of nitrogens with zero attached hydrogens (tertiary/aromatic N) is 2. The van der Waals surface area contributed by atoms with Gasteiger partial charge in [0.05, 0.1) is 12.7 Å². The van der Waals surface area contributed by atoms with Crippen molar-refractivity contribution in [1.82, 2.24) is 9.21 Å². The lowest BCUT2D eigenvalue weighted by Gasteiger charge is -2.29. The van der Waals surface area contributed by atoms with Gasteiger partial charge in [-0.25, -0.2) is 12.7 Å². The Morgan fingerprint density at radius 1 is 1.13 bits per heavy atom. The third-order valence-corrected chi connectivity index (χ3v) is 8.24. The van der Waals surface area contributed by atoms with E-state index in [9.17, 15) is 13.2 Å². The molecule has 0 saturated heterocycles. The third-order valence-electron chi connectivity index (χ3n) is 6.40. The Morgan fingerprint density at radius 2 is 1.94 bits per heavy atom. The second kappa shape index (κ2) is 9.01. The summed E-state index contributed by atoms with van der Waals surface area (Å²) in [5.74, 6) is 1.17. The molecule has 0 radical (unpaired) electrons. The number of rotatable bonds is 8. The molecule has 1 heterocycles. The van der Waals surface area contributed by atoms with Crippen molar-refractivity contribution in [3.8, 4) is 5.75 Å². The summed E-state index contributed by atoms with van der Waals surface area (Å²) in [5.41, 5.74) is 3.02. The quantitative estimate of drug-likeness (QED) is 0.587. The van der Waals surface area contributed by atoms with Gasteiger partial charge in [0.15, 0.2) is 0 Å². The minimum atomic E-state index is -3.70. The highest BCUT2D eigenvalue weighted by molar-refractivity contribution is 7.90. The van der Waals surface area contributed by atoms with Gasteiger partial charge in [-0.05, 0) is 80.9 Å². The number of sulfonamides is 1. The predicted molar refractivity (Wildman–Crippen MR) is 120 cm³/mol. The van der Waals surface area contributed by atoms with Crippen LogP contribution >= 0.6 is 0 Å². The molecule has 1 aliphatic heterocycles. The van der Waals surface area contributed by atoms with Crippen molar-refractivity contribution in [2.45, 2.75) is 37.0 Å². The summed E-state index contributed by atoms with van der Waals surface area (Å²) >= 11 is 0. The number of ether oxygens (including phenoxy) is 1. The van der Waals surface area contributed by atoms with Crippen molar-refractivity contribution < 1.29 is 17.9 Å². The highest BCUT2D eigenvalue weighted by Gasteiger charge is 2.40. The number of fused-ring (bicyclic) bond motifs is 2. The zero-order valence-electron chi connectivity index (χ0n) is 18.2. The molecule has 166 valence electrons. The van der Waals surface area contributed by atoms with Gasteiger partial charge in [-0.3, -0.25) is 4.79 Å². The summed E-state index contributed by atoms with van der Waals surface area (Å²) < 4.78 is 31.8. The normalized spacial score (nSPS) is 19.4. The van der Waals surface area contributed by atoms with Crippen LogP contribution in [0.1, 0.15) is 40.7 Å². The average molecular weight is 443 g/mol. The van der Waals surface area contributed by atoms with Gasteiger partial charge in [-0.2, -0.15) is 0 Å². The van der Waals surface area contributed by atoms with Gasteiger partial charge >= 0.3 is 0 Å². The number of benzene rings is 2. The fourth-order valence-corrected chi connectivity index (χ4v) is 6.40. The zero-order chi connectivity index (χ0) is 22.0. The van der Waals surface area contributed by atoms with Crippen molar-refractivity contribution in [2.75, 3.05) is 33.8 Å². The summed E-state index contributed by atoms with van der Waals surface area (Å²) in [6, 6.07) is 12.7.